The summed E-state index contributed by atoms with van der Waals surface area (Å²) in [5.41, 5.74) is 0.778. The van der Waals surface area contributed by atoms with Crippen LogP contribution in [0.1, 0.15) is 24.5 Å². The number of hydrogen-bond donors (Lipinski definition) is 1. The van der Waals surface area contributed by atoms with Crippen molar-refractivity contribution in [1.82, 2.24) is 10.4 Å². The number of carbonyl (C=O) groups is 1. The number of amides is 1. The fourth-order valence-corrected chi connectivity index (χ4v) is 3.40. The number of amidine groups is 1. The summed E-state index contributed by atoms with van der Waals surface area (Å²) in [5, 5.41) is 5.08. The molecule has 1 N–H and O–H groups in total. The van der Waals surface area contributed by atoms with E-state index in [0.717, 1.165) is 11.1 Å². The van der Waals surface area contributed by atoms with Gasteiger partial charge in [-0.3, -0.25) is 4.79 Å². The highest BCUT2D eigenvalue weighted by Crippen LogP contribution is 2.32. The zero-order chi connectivity index (χ0) is 19.7. The van der Waals surface area contributed by atoms with E-state index in [2.05, 4.69) is 10.3 Å². The average molecular weight is 402 g/mol. The lowest BCUT2D eigenvalue weighted by atomic mass is 10.1. The predicted octanol–water partition coefficient (Wildman–Crippen LogP) is 3.12. The lowest BCUT2D eigenvalue weighted by Crippen LogP contribution is -2.35. The molecule has 0 bridgehead atoms. The van der Waals surface area contributed by atoms with Crippen LogP contribution in [0.5, 0.6) is 11.5 Å². The number of hydrogen-bond acceptors (Lipinski definition) is 6. The van der Waals surface area contributed by atoms with Crippen molar-refractivity contribution in [2.75, 3.05) is 13.8 Å². The van der Waals surface area contributed by atoms with E-state index < -0.39 is 5.72 Å². The fraction of sp³-hybridized carbons (Fsp3) is 0.300. The fourth-order valence-electron chi connectivity index (χ4n) is 3.21. The van der Waals surface area contributed by atoms with E-state index in [1.165, 1.54) is 0 Å². The third kappa shape index (κ3) is 3.90. The van der Waals surface area contributed by atoms with Crippen LogP contribution >= 0.6 is 11.6 Å². The lowest BCUT2D eigenvalue weighted by molar-refractivity contribution is -0.166. The highest BCUT2D eigenvalue weighted by atomic mass is 35.5. The second-order valence-corrected chi connectivity index (χ2v) is 7.29. The predicted molar refractivity (Wildman–Crippen MR) is 104 cm³/mol. The Labute approximate surface area is 167 Å². The van der Waals surface area contributed by atoms with Gasteiger partial charge >= 0.3 is 0 Å². The molecular weight excluding hydrogens is 382 g/mol. The molecule has 0 aromatic heterocycles. The number of carbonyl (C=O) groups excluding carboxylic acids is 1. The van der Waals surface area contributed by atoms with Crippen molar-refractivity contribution in [1.29, 1.82) is 0 Å². The summed E-state index contributed by atoms with van der Waals surface area (Å²) in [4.78, 5) is 22.9. The van der Waals surface area contributed by atoms with Crippen molar-refractivity contribution in [2.24, 2.45) is 4.99 Å². The minimum atomic E-state index is -0.981. The Balaban J connectivity index is 1.39. The summed E-state index contributed by atoms with van der Waals surface area (Å²) < 4.78 is 10.6. The van der Waals surface area contributed by atoms with E-state index in [9.17, 15) is 4.79 Å². The number of benzene rings is 2. The summed E-state index contributed by atoms with van der Waals surface area (Å²) in [6.07, 6.45) is 0.0892. The standard InChI is InChI=1S/C20H20ClN3O4/c1-20(23-19(24(2)28-20)14-4-3-5-15(21)9-14)10-18(25)22-11-13-6-7-16-17(8-13)27-12-26-16/h3-9H,10-12H2,1-2H3,(H,22,25). The summed E-state index contributed by atoms with van der Waals surface area (Å²) in [7, 11) is 1.76. The van der Waals surface area contributed by atoms with Crippen LogP contribution < -0.4 is 14.8 Å². The van der Waals surface area contributed by atoms with E-state index >= 15 is 0 Å². The van der Waals surface area contributed by atoms with E-state index in [4.69, 9.17) is 25.9 Å². The molecule has 2 aliphatic rings. The van der Waals surface area contributed by atoms with Crippen molar-refractivity contribution in [3.63, 3.8) is 0 Å². The maximum atomic E-state index is 12.5. The average Bonchev–Trinajstić information content (AvgIpc) is 3.23. The largest absolute Gasteiger partial charge is 0.454 e. The van der Waals surface area contributed by atoms with Gasteiger partial charge in [-0.15, -0.1) is 0 Å². The molecule has 0 spiro atoms. The van der Waals surface area contributed by atoms with E-state index in [-0.39, 0.29) is 19.1 Å². The molecule has 146 valence electrons. The zero-order valence-corrected chi connectivity index (χ0v) is 16.3. The van der Waals surface area contributed by atoms with Gasteiger partial charge < -0.3 is 14.8 Å². The van der Waals surface area contributed by atoms with Crippen molar-refractivity contribution in [3.8, 4) is 11.5 Å². The molecule has 1 atom stereocenters. The van der Waals surface area contributed by atoms with E-state index in [1.807, 2.05) is 36.4 Å². The number of aliphatic imine (C=N–C) groups is 1. The third-order valence-electron chi connectivity index (χ3n) is 4.47. The molecule has 2 aliphatic heterocycles. The molecule has 1 unspecified atom stereocenters. The first-order valence-electron chi connectivity index (χ1n) is 8.86. The first-order chi connectivity index (χ1) is 13.4. The molecule has 7 nitrogen and oxygen atoms in total. The molecule has 2 aromatic carbocycles. The van der Waals surface area contributed by atoms with E-state index in [1.54, 1.807) is 25.1 Å². The maximum absolute atomic E-state index is 12.5. The summed E-state index contributed by atoms with van der Waals surface area (Å²) >= 11 is 6.07. The first kappa shape index (κ1) is 18.6. The van der Waals surface area contributed by atoms with Crippen LogP contribution in [0.25, 0.3) is 0 Å². The van der Waals surface area contributed by atoms with Gasteiger partial charge in [0.15, 0.2) is 23.1 Å². The molecule has 28 heavy (non-hydrogen) atoms. The lowest BCUT2D eigenvalue weighted by Gasteiger charge is -2.21. The maximum Gasteiger partial charge on any atom is 0.231 e. The molecule has 4 rings (SSSR count). The number of halogens is 1. The topological polar surface area (TPSA) is 72.4 Å². The molecule has 2 heterocycles. The van der Waals surface area contributed by atoms with Crippen LogP contribution in [0.2, 0.25) is 5.02 Å². The SMILES string of the molecule is CN1OC(C)(CC(=O)NCc2ccc3c(c2)OCO3)N=C1c1cccc(Cl)c1. The molecule has 0 fully saturated rings. The normalized spacial score (nSPS) is 20.2. The monoisotopic (exact) mass is 401 g/mol. The summed E-state index contributed by atoms with van der Waals surface area (Å²) in [5.74, 6) is 1.88. The zero-order valence-electron chi connectivity index (χ0n) is 15.6. The van der Waals surface area contributed by atoms with Gasteiger partial charge in [-0.05, 0) is 36.8 Å². The Morgan fingerprint density at radius 2 is 2.07 bits per heavy atom. The minimum absolute atomic E-state index is 0.0892. The van der Waals surface area contributed by atoms with E-state index in [0.29, 0.717) is 28.9 Å². The van der Waals surface area contributed by atoms with Gasteiger partial charge in [0.25, 0.3) is 0 Å². The highest BCUT2D eigenvalue weighted by molar-refractivity contribution is 6.31. The molecule has 1 amide bonds. The quantitative estimate of drug-likeness (QED) is 0.833. The minimum Gasteiger partial charge on any atom is -0.454 e. The van der Waals surface area contributed by atoms with Crippen LogP contribution in [0, 0.1) is 0 Å². The molecule has 0 saturated carbocycles. The number of hydroxylamine groups is 2. The Morgan fingerprint density at radius 1 is 1.25 bits per heavy atom. The Kier molecular flexibility index (Phi) is 4.87. The molecular formula is C20H20ClN3O4. The van der Waals surface area contributed by atoms with Crippen LogP contribution in [-0.4, -0.2) is 36.4 Å². The van der Waals surface area contributed by atoms with Crippen LogP contribution in [-0.2, 0) is 16.2 Å². The Hall–Kier alpha value is -2.77. The number of nitrogens with zero attached hydrogens (tertiary/aromatic N) is 2. The van der Waals surface area contributed by atoms with Gasteiger partial charge in [0.2, 0.25) is 12.7 Å². The number of nitrogens with one attached hydrogen (secondary N) is 1. The smallest absolute Gasteiger partial charge is 0.231 e. The van der Waals surface area contributed by atoms with Gasteiger partial charge in [0, 0.05) is 24.2 Å². The van der Waals surface area contributed by atoms with Crippen LogP contribution in [0.3, 0.4) is 0 Å². The second-order valence-electron chi connectivity index (χ2n) is 6.85. The van der Waals surface area contributed by atoms with Crippen molar-refractivity contribution >= 4 is 23.3 Å². The molecule has 0 saturated heterocycles. The summed E-state index contributed by atoms with van der Waals surface area (Å²) in [6, 6.07) is 12.9. The third-order valence-corrected chi connectivity index (χ3v) is 4.71. The Morgan fingerprint density at radius 3 is 2.89 bits per heavy atom. The highest BCUT2D eigenvalue weighted by Gasteiger charge is 2.37. The van der Waals surface area contributed by atoms with Gasteiger partial charge in [-0.2, -0.15) is 0 Å². The molecule has 8 heteroatoms. The number of rotatable bonds is 5. The van der Waals surface area contributed by atoms with Crippen LogP contribution in [0.4, 0.5) is 0 Å². The summed E-state index contributed by atoms with van der Waals surface area (Å²) in [6.45, 7) is 2.38. The number of ether oxygens (including phenoxy) is 2. The van der Waals surface area contributed by atoms with Gasteiger partial charge in [-0.25, -0.2) is 14.9 Å². The number of fused-ring (bicyclic) bond motifs is 1. The Bertz CT molecular complexity index is 949. The second kappa shape index (κ2) is 7.33. The van der Waals surface area contributed by atoms with Gasteiger partial charge in [0.1, 0.15) is 0 Å². The van der Waals surface area contributed by atoms with Crippen LogP contribution in [0.15, 0.2) is 47.5 Å². The molecule has 0 radical (unpaired) electrons. The molecule has 0 aliphatic carbocycles. The van der Waals surface area contributed by atoms with Gasteiger partial charge in [-0.1, -0.05) is 29.8 Å². The first-order valence-corrected chi connectivity index (χ1v) is 9.24. The van der Waals surface area contributed by atoms with Crippen molar-refractivity contribution in [2.45, 2.75) is 25.6 Å². The van der Waals surface area contributed by atoms with Gasteiger partial charge in [0.05, 0.1) is 6.42 Å². The molecule has 2 aromatic rings. The van der Waals surface area contributed by atoms with Crippen molar-refractivity contribution < 1.29 is 19.1 Å². The van der Waals surface area contributed by atoms with Crippen molar-refractivity contribution in [3.05, 3.63) is 58.6 Å².